The van der Waals surface area contributed by atoms with Crippen molar-refractivity contribution in [1.82, 2.24) is 10.1 Å². The van der Waals surface area contributed by atoms with Gasteiger partial charge in [-0.1, -0.05) is 71.0 Å². The van der Waals surface area contributed by atoms with Crippen LogP contribution < -0.4 is 9.61 Å². The lowest BCUT2D eigenvalue weighted by atomic mass is 9.99. The third-order valence-corrected chi connectivity index (χ3v) is 7.45. The number of H-pyrrole nitrogens is 1. The molecule has 0 saturated heterocycles. The van der Waals surface area contributed by atoms with Gasteiger partial charge in [-0.15, -0.1) is 0 Å². The molecule has 1 unspecified atom stereocenters. The minimum Gasteiger partial charge on any atom is -0.464 e. The van der Waals surface area contributed by atoms with Gasteiger partial charge >= 0.3 is 13.5 Å². The number of carbonyl (C=O) groups is 1. The smallest absolute Gasteiger partial charge is 0.324 e. The van der Waals surface area contributed by atoms with E-state index < -0.39 is 19.5 Å². The molecular weight excluding hydrogens is 423 g/mol. The van der Waals surface area contributed by atoms with Crippen molar-refractivity contribution < 1.29 is 18.6 Å². The number of fused-ring (bicyclic) bond motifs is 1. The Balaban J connectivity index is 1.87. The lowest BCUT2D eigenvalue weighted by Crippen LogP contribution is -2.41. The molecule has 0 spiro atoms. The fourth-order valence-electron chi connectivity index (χ4n) is 3.17. The highest BCUT2D eigenvalue weighted by molar-refractivity contribution is 7.58. The summed E-state index contributed by atoms with van der Waals surface area (Å²) in [5, 5.41) is 4.10. The minimum atomic E-state index is -3.42. The fraction of sp³-hybridized carbons (Fsp3) is 0.400. The molecule has 0 aliphatic heterocycles. The van der Waals surface area contributed by atoms with Crippen molar-refractivity contribution in [2.24, 2.45) is 5.41 Å². The van der Waals surface area contributed by atoms with Crippen LogP contribution in [-0.4, -0.2) is 29.3 Å². The predicted octanol–water partition coefficient (Wildman–Crippen LogP) is 5.94. The number of hydrogen-bond donors (Lipinski definition) is 2. The standard InChI is InChI=1S/C25H33N2O4P/c1-18(2)32(29,31-21-12-7-6-8-13-21)27-23(24(28)30-17-25(3,4)5)16-20-15-19-11-9-10-14-22(19)26-20/h6-15,18,23,26H,16-17H2,1-5H3,(H,27,29)/t23-,32?/m0/s1. The molecule has 32 heavy (non-hydrogen) atoms. The fourth-order valence-corrected chi connectivity index (χ4v) is 4.80. The van der Waals surface area contributed by atoms with E-state index in [1.54, 1.807) is 12.1 Å². The van der Waals surface area contributed by atoms with Gasteiger partial charge in [0.2, 0.25) is 0 Å². The van der Waals surface area contributed by atoms with Gasteiger partial charge < -0.3 is 14.2 Å². The Morgan fingerprint density at radius 1 is 1.06 bits per heavy atom. The molecule has 0 saturated carbocycles. The second-order valence-corrected chi connectivity index (χ2v) is 12.2. The first-order valence-electron chi connectivity index (χ1n) is 10.9. The average molecular weight is 457 g/mol. The lowest BCUT2D eigenvalue weighted by Gasteiger charge is -2.28. The van der Waals surface area contributed by atoms with Gasteiger partial charge in [0.05, 0.1) is 12.3 Å². The molecule has 0 aliphatic rings. The van der Waals surface area contributed by atoms with E-state index >= 15 is 0 Å². The predicted molar refractivity (Wildman–Crippen MR) is 129 cm³/mol. The summed E-state index contributed by atoms with van der Waals surface area (Å²) in [6.45, 7) is 9.89. The van der Waals surface area contributed by atoms with Crippen LogP contribution in [0.4, 0.5) is 0 Å². The van der Waals surface area contributed by atoms with E-state index in [-0.39, 0.29) is 17.7 Å². The number of esters is 1. The van der Waals surface area contributed by atoms with Gasteiger partial charge in [0, 0.05) is 17.6 Å². The van der Waals surface area contributed by atoms with Crippen LogP contribution in [0.1, 0.15) is 40.3 Å². The quantitative estimate of drug-likeness (QED) is 0.308. The van der Waals surface area contributed by atoms with E-state index in [1.165, 1.54) is 0 Å². The summed E-state index contributed by atoms with van der Waals surface area (Å²) >= 11 is 0. The molecule has 3 rings (SSSR count). The largest absolute Gasteiger partial charge is 0.464 e. The van der Waals surface area contributed by atoms with E-state index in [0.29, 0.717) is 12.2 Å². The summed E-state index contributed by atoms with van der Waals surface area (Å²) in [6.07, 6.45) is 0.298. The van der Waals surface area contributed by atoms with Crippen LogP contribution in [0.5, 0.6) is 5.75 Å². The van der Waals surface area contributed by atoms with Crippen molar-refractivity contribution >= 4 is 24.4 Å². The van der Waals surface area contributed by atoms with Crippen molar-refractivity contribution in [1.29, 1.82) is 0 Å². The van der Waals surface area contributed by atoms with Gasteiger partial charge in [-0.05, 0) is 35.1 Å². The summed E-state index contributed by atoms with van der Waals surface area (Å²) < 4.78 is 25.3. The van der Waals surface area contributed by atoms with Crippen LogP contribution in [0.15, 0.2) is 60.7 Å². The first kappa shape index (κ1) is 24.1. The Bertz CT molecular complexity index is 1050. The van der Waals surface area contributed by atoms with Crippen molar-refractivity contribution in [2.75, 3.05) is 6.61 Å². The lowest BCUT2D eigenvalue weighted by molar-refractivity contribution is -0.148. The van der Waals surface area contributed by atoms with E-state index in [0.717, 1.165) is 16.6 Å². The number of nitrogens with one attached hydrogen (secondary N) is 2. The maximum Gasteiger partial charge on any atom is 0.324 e. The maximum absolute atomic E-state index is 13.8. The first-order chi connectivity index (χ1) is 15.1. The molecule has 0 amide bonds. The zero-order valence-electron chi connectivity index (χ0n) is 19.4. The summed E-state index contributed by atoms with van der Waals surface area (Å²) in [5.41, 5.74) is 1.32. The molecular formula is C25H33N2O4P. The van der Waals surface area contributed by atoms with Crippen molar-refractivity contribution in [3.8, 4) is 5.75 Å². The Morgan fingerprint density at radius 3 is 2.34 bits per heavy atom. The first-order valence-corrected chi connectivity index (χ1v) is 12.6. The molecule has 0 radical (unpaired) electrons. The minimum absolute atomic E-state index is 0.177. The number of para-hydroxylation sites is 2. The van der Waals surface area contributed by atoms with E-state index in [9.17, 15) is 9.36 Å². The number of aromatic nitrogens is 1. The number of hydrogen-bond acceptors (Lipinski definition) is 4. The highest BCUT2D eigenvalue weighted by Crippen LogP contribution is 2.48. The summed E-state index contributed by atoms with van der Waals surface area (Å²) in [6, 6.07) is 18.1. The van der Waals surface area contributed by atoms with E-state index in [4.69, 9.17) is 9.26 Å². The van der Waals surface area contributed by atoms with Gasteiger partial charge in [-0.25, -0.2) is 5.09 Å². The van der Waals surface area contributed by atoms with Gasteiger partial charge in [0.1, 0.15) is 11.8 Å². The van der Waals surface area contributed by atoms with Crippen LogP contribution in [0.2, 0.25) is 0 Å². The van der Waals surface area contributed by atoms with Crippen LogP contribution >= 0.6 is 7.52 Å². The third-order valence-electron chi connectivity index (χ3n) is 4.94. The maximum atomic E-state index is 13.8. The SMILES string of the molecule is CC(C)P(=O)(N[C@@H](Cc1cc2ccccc2[nH]1)C(=O)OCC(C)(C)C)Oc1ccccc1. The zero-order chi connectivity index (χ0) is 23.4. The number of aromatic amines is 1. The molecule has 1 heterocycles. The van der Waals surface area contributed by atoms with E-state index in [1.807, 2.05) is 83.1 Å². The molecule has 2 aromatic carbocycles. The molecule has 0 aliphatic carbocycles. The zero-order valence-corrected chi connectivity index (χ0v) is 20.3. The van der Waals surface area contributed by atoms with Gasteiger partial charge in [0.15, 0.2) is 0 Å². The molecule has 172 valence electrons. The number of rotatable bonds is 9. The monoisotopic (exact) mass is 456 g/mol. The molecule has 1 aromatic heterocycles. The van der Waals surface area contributed by atoms with Crippen molar-refractivity contribution in [3.63, 3.8) is 0 Å². The topological polar surface area (TPSA) is 80.4 Å². The summed E-state index contributed by atoms with van der Waals surface area (Å²) in [5.74, 6) is 0.0422. The van der Waals surface area contributed by atoms with Crippen LogP contribution in [0, 0.1) is 5.41 Å². The highest BCUT2D eigenvalue weighted by atomic mass is 31.2. The Hall–Kier alpha value is -2.56. The molecule has 2 atom stereocenters. The average Bonchev–Trinajstić information content (AvgIpc) is 3.14. The summed E-state index contributed by atoms with van der Waals surface area (Å²) in [4.78, 5) is 16.4. The molecule has 2 N–H and O–H groups in total. The second kappa shape index (κ2) is 9.93. The molecule has 6 nitrogen and oxygen atoms in total. The van der Waals surface area contributed by atoms with Crippen LogP contribution in [0.25, 0.3) is 10.9 Å². The Morgan fingerprint density at radius 2 is 1.72 bits per heavy atom. The normalized spacial score (nSPS) is 14.8. The summed E-state index contributed by atoms with van der Waals surface area (Å²) in [7, 11) is -3.42. The molecule has 0 bridgehead atoms. The number of carbonyl (C=O) groups excluding carboxylic acids is 1. The van der Waals surface area contributed by atoms with Crippen molar-refractivity contribution in [2.45, 2.75) is 52.7 Å². The number of ether oxygens (including phenoxy) is 1. The van der Waals surface area contributed by atoms with Gasteiger partial charge in [0.25, 0.3) is 0 Å². The van der Waals surface area contributed by atoms with Crippen LogP contribution in [-0.2, 0) is 20.5 Å². The van der Waals surface area contributed by atoms with Crippen molar-refractivity contribution in [3.05, 3.63) is 66.4 Å². The van der Waals surface area contributed by atoms with Gasteiger partial charge in [-0.2, -0.15) is 0 Å². The Kier molecular flexibility index (Phi) is 7.47. The molecule has 0 fully saturated rings. The van der Waals surface area contributed by atoms with E-state index in [2.05, 4.69) is 10.1 Å². The van der Waals surface area contributed by atoms with Gasteiger partial charge in [-0.3, -0.25) is 9.36 Å². The third kappa shape index (κ3) is 6.47. The Labute approximate surface area is 190 Å². The highest BCUT2D eigenvalue weighted by Gasteiger charge is 2.36. The molecule has 3 aromatic rings. The van der Waals surface area contributed by atoms with Crippen LogP contribution in [0.3, 0.4) is 0 Å². The second-order valence-electron chi connectivity index (χ2n) is 9.53. The molecule has 7 heteroatoms. The number of benzene rings is 2.